The predicted molar refractivity (Wildman–Crippen MR) is 112 cm³/mol. The molecule has 146 valence electrons. The molecule has 0 aromatic heterocycles. The fourth-order valence-corrected chi connectivity index (χ4v) is 4.23. The predicted octanol–water partition coefficient (Wildman–Crippen LogP) is 4.69. The van der Waals surface area contributed by atoms with Gasteiger partial charge in [0.2, 0.25) is 0 Å². The average molecular weight is 398 g/mol. The summed E-state index contributed by atoms with van der Waals surface area (Å²) in [5.74, 6) is -0.131. The van der Waals surface area contributed by atoms with Crippen molar-refractivity contribution in [3.63, 3.8) is 0 Å². The zero-order valence-corrected chi connectivity index (χ0v) is 16.9. The van der Waals surface area contributed by atoms with Gasteiger partial charge in [-0.2, -0.15) is 0 Å². The summed E-state index contributed by atoms with van der Waals surface area (Å²) >= 11 is 6.06. The molecule has 0 aliphatic carbocycles. The number of nitrogens with one attached hydrogen (secondary N) is 1. The van der Waals surface area contributed by atoms with E-state index in [0.29, 0.717) is 21.8 Å². The van der Waals surface area contributed by atoms with Gasteiger partial charge >= 0.3 is 0 Å². The van der Waals surface area contributed by atoms with E-state index in [9.17, 15) is 9.59 Å². The van der Waals surface area contributed by atoms with Crippen LogP contribution in [0.2, 0.25) is 5.02 Å². The van der Waals surface area contributed by atoms with Gasteiger partial charge in [0.25, 0.3) is 11.8 Å². The fraction of sp³-hybridized carbons (Fsp3) is 0.364. The highest BCUT2D eigenvalue weighted by Crippen LogP contribution is 2.34. The van der Waals surface area contributed by atoms with Crippen LogP contribution in [0.3, 0.4) is 0 Å². The summed E-state index contributed by atoms with van der Waals surface area (Å²) < 4.78 is 0. The minimum Gasteiger partial charge on any atom is -0.354 e. The summed E-state index contributed by atoms with van der Waals surface area (Å²) in [7, 11) is 2.01. The van der Waals surface area contributed by atoms with Gasteiger partial charge in [0, 0.05) is 29.9 Å². The van der Waals surface area contributed by atoms with Crippen molar-refractivity contribution in [1.29, 1.82) is 0 Å². The second kappa shape index (κ2) is 7.47. The Morgan fingerprint density at radius 3 is 2.75 bits per heavy atom. The molecule has 2 aliphatic rings. The lowest BCUT2D eigenvalue weighted by Gasteiger charge is -2.43. The van der Waals surface area contributed by atoms with E-state index in [1.807, 2.05) is 31.0 Å². The van der Waals surface area contributed by atoms with E-state index in [1.54, 1.807) is 24.3 Å². The number of amides is 2. The second-order valence-electron chi connectivity index (χ2n) is 7.59. The summed E-state index contributed by atoms with van der Waals surface area (Å²) in [5, 5.41) is 3.58. The Balaban J connectivity index is 1.62. The Labute approximate surface area is 170 Å². The maximum Gasteiger partial charge on any atom is 0.257 e. The highest BCUT2D eigenvalue weighted by molar-refractivity contribution is 6.31. The molecule has 1 N–H and O–H groups in total. The minimum atomic E-state index is -0.200. The van der Waals surface area contributed by atoms with Gasteiger partial charge in [-0.3, -0.25) is 9.59 Å². The van der Waals surface area contributed by atoms with E-state index in [1.165, 1.54) is 0 Å². The number of fused-ring (bicyclic) bond motifs is 2. The topological polar surface area (TPSA) is 52.7 Å². The molecule has 0 saturated carbocycles. The normalized spacial score (nSPS) is 19.0. The van der Waals surface area contributed by atoms with Crippen molar-refractivity contribution in [3.05, 3.63) is 58.1 Å². The molecule has 4 rings (SSSR count). The molecule has 2 aromatic rings. The van der Waals surface area contributed by atoms with E-state index >= 15 is 0 Å². The Kier molecular flexibility index (Phi) is 5.02. The first-order valence-corrected chi connectivity index (χ1v) is 10.1. The third-order valence-electron chi connectivity index (χ3n) is 5.72. The van der Waals surface area contributed by atoms with Gasteiger partial charge in [0.05, 0.1) is 11.3 Å². The number of carbonyl (C=O) groups excluding carboxylic acids is 2. The van der Waals surface area contributed by atoms with Crippen LogP contribution in [0, 0.1) is 6.92 Å². The molecule has 28 heavy (non-hydrogen) atoms. The quantitative estimate of drug-likeness (QED) is 0.799. The first-order valence-electron chi connectivity index (χ1n) is 9.71. The van der Waals surface area contributed by atoms with Crippen molar-refractivity contribution in [2.75, 3.05) is 23.8 Å². The van der Waals surface area contributed by atoms with Gasteiger partial charge in [0.1, 0.15) is 6.17 Å². The van der Waals surface area contributed by atoms with Gasteiger partial charge in [-0.25, -0.2) is 0 Å². The standard InChI is InChI=1S/C22H24ClN3O2/c1-14-12-16(8-10-18(14)23)24-21(27)15-7-9-17-19(13-15)25(2)20-6-4-3-5-11-26(20)22(17)28/h7-10,12-13,20H,3-6,11H2,1-2H3,(H,24,27)/t20-/m0/s1. The molecule has 0 bridgehead atoms. The molecule has 2 aromatic carbocycles. The smallest absolute Gasteiger partial charge is 0.257 e. The van der Waals surface area contributed by atoms with Crippen LogP contribution in [0.4, 0.5) is 11.4 Å². The second-order valence-corrected chi connectivity index (χ2v) is 8.00. The number of benzene rings is 2. The lowest BCUT2D eigenvalue weighted by Crippen LogP contribution is -2.53. The minimum absolute atomic E-state index is 0.0692. The average Bonchev–Trinajstić information content (AvgIpc) is 2.95. The number of halogens is 1. The number of carbonyl (C=O) groups is 2. The Morgan fingerprint density at radius 1 is 1.14 bits per heavy atom. The molecule has 0 spiro atoms. The van der Waals surface area contributed by atoms with Gasteiger partial charge in [-0.1, -0.05) is 18.0 Å². The molecule has 2 heterocycles. The third kappa shape index (κ3) is 3.35. The SMILES string of the molecule is Cc1cc(NC(=O)c2ccc3c(c2)N(C)[C@@H]2CCCCCN2C3=O)ccc1Cl. The van der Waals surface area contributed by atoms with E-state index in [2.05, 4.69) is 10.2 Å². The molecular weight excluding hydrogens is 374 g/mol. The summed E-state index contributed by atoms with van der Waals surface area (Å²) in [6, 6.07) is 10.7. The first-order chi connectivity index (χ1) is 13.5. The van der Waals surface area contributed by atoms with Gasteiger partial charge < -0.3 is 15.1 Å². The highest BCUT2D eigenvalue weighted by atomic mass is 35.5. The molecule has 1 atom stereocenters. The van der Waals surface area contributed by atoms with Crippen LogP contribution in [-0.2, 0) is 0 Å². The zero-order chi connectivity index (χ0) is 19.8. The largest absolute Gasteiger partial charge is 0.354 e. The van der Waals surface area contributed by atoms with E-state index < -0.39 is 0 Å². The number of hydrogen-bond donors (Lipinski definition) is 1. The van der Waals surface area contributed by atoms with Crippen molar-refractivity contribution in [2.24, 2.45) is 0 Å². The number of aryl methyl sites for hydroxylation is 1. The third-order valence-corrected chi connectivity index (χ3v) is 6.14. The fourth-order valence-electron chi connectivity index (χ4n) is 4.12. The van der Waals surface area contributed by atoms with Crippen LogP contribution in [0.15, 0.2) is 36.4 Å². The number of anilines is 2. The molecule has 6 heteroatoms. The molecular formula is C22H24ClN3O2. The lowest BCUT2D eigenvalue weighted by molar-refractivity contribution is 0.0661. The zero-order valence-electron chi connectivity index (χ0n) is 16.2. The lowest BCUT2D eigenvalue weighted by atomic mass is 10.0. The van der Waals surface area contributed by atoms with Crippen LogP contribution in [0.25, 0.3) is 0 Å². The molecule has 1 fully saturated rings. The molecule has 5 nitrogen and oxygen atoms in total. The van der Waals surface area contributed by atoms with Crippen molar-refractivity contribution < 1.29 is 9.59 Å². The summed E-state index contributed by atoms with van der Waals surface area (Å²) in [6.07, 6.45) is 4.34. The van der Waals surface area contributed by atoms with E-state index in [0.717, 1.165) is 43.5 Å². The monoisotopic (exact) mass is 397 g/mol. The first kappa shape index (κ1) is 18.8. The molecule has 2 aliphatic heterocycles. The van der Waals surface area contributed by atoms with E-state index in [4.69, 9.17) is 11.6 Å². The van der Waals surface area contributed by atoms with Crippen LogP contribution < -0.4 is 10.2 Å². The van der Waals surface area contributed by atoms with Crippen LogP contribution >= 0.6 is 11.6 Å². The van der Waals surface area contributed by atoms with Crippen molar-refractivity contribution >= 4 is 34.8 Å². The maximum atomic E-state index is 13.0. The Hall–Kier alpha value is -2.53. The van der Waals surface area contributed by atoms with Crippen LogP contribution in [-0.4, -0.2) is 36.5 Å². The number of nitrogens with zero attached hydrogens (tertiary/aromatic N) is 2. The molecule has 0 unspecified atom stereocenters. The van der Waals surface area contributed by atoms with Crippen molar-refractivity contribution in [2.45, 2.75) is 38.8 Å². The molecule has 1 saturated heterocycles. The van der Waals surface area contributed by atoms with Gasteiger partial charge in [0.15, 0.2) is 0 Å². The Morgan fingerprint density at radius 2 is 1.96 bits per heavy atom. The maximum absolute atomic E-state index is 13.0. The molecule has 0 radical (unpaired) electrons. The Bertz CT molecular complexity index is 943. The summed E-state index contributed by atoms with van der Waals surface area (Å²) in [4.78, 5) is 29.9. The highest BCUT2D eigenvalue weighted by Gasteiger charge is 2.36. The van der Waals surface area contributed by atoms with Gasteiger partial charge in [-0.05, 0) is 68.1 Å². The molecule has 2 amide bonds. The van der Waals surface area contributed by atoms with Crippen molar-refractivity contribution in [3.8, 4) is 0 Å². The number of rotatable bonds is 2. The van der Waals surface area contributed by atoms with Crippen molar-refractivity contribution in [1.82, 2.24) is 4.90 Å². The summed E-state index contributed by atoms with van der Waals surface area (Å²) in [5.41, 5.74) is 3.63. The number of hydrogen-bond acceptors (Lipinski definition) is 3. The van der Waals surface area contributed by atoms with E-state index in [-0.39, 0.29) is 18.0 Å². The van der Waals surface area contributed by atoms with Crippen LogP contribution in [0.1, 0.15) is 52.0 Å². The summed E-state index contributed by atoms with van der Waals surface area (Å²) in [6.45, 7) is 2.70. The van der Waals surface area contributed by atoms with Crippen LogP contribution in [0.5, 0.6) is 0 Å². The van der Waals surface area contributed by atoms with Gasteiger partial charge in [-0.15, -0.1) is 0 Å².